The molecule has 0 amide bonds. The fourth-order valence-corrected chi connectivity index (χ4v) is 4.31. The standard InChI is InChI=1S/C21H25Br2NO2/c1-2-13-26-19-8-7-17(23)14-18(19)20(15-3-5-16(22)6-4-15)21(25)9-11-24-12-10-21/h3-8,14,20,24-25H,2,9-13H2,1H3. The lowest BCUT2D eigenvalue weighted by atomic mass is 9.72. The molecule has 140 valence electrons. The number of benzene rings is 2. The summed E-state index contributed by atoms with van der Waals surface area (Å²) in [6.07, 6.45) is 2.38. The van der Waals surface area contributed by atoms with Gasteiger partial charge in [0, 0.05) is 20.4 Å². The molecule has 1 aliphatic rings. The molecule has 1 saturated heterocycles. The van der Waals surface area contributed by atoms with Crippen molar-refractivity contribution in [3.8, 4) is 5.75 Å². The summed E-state index contributed by atoms with van der Waals surface area (Å²) >= 11 is 7.12. The number of halogens is 2. The van der Waals surface area contributed by atoms with Crippen LogP contribution in [-0.4, -0.2) is 30.4 Å². The third-order valence-electron chi connectivity index (χ3n) is 4.95. The van der Waals surface area contributed by atoms with Crippen LogP contribution in [0.15, 0.2) is 51.4 Å². The van der Waals surface area contributed by atoms with Gasteiger partial charge >= 0.3 is 0 Å². The van der Waals surface area contributed by atoms with Gasteiger partial charge in [-0.15, -0.1) is 0 Å². The monoisotopic (exact) mass is 481 g/mol. The molecule has 1 fully saturated rings. The van der Waals surface area contributed by atoms with Crippen molar-refractivity contribution in [1.29, 1.82) is 0 Å². The van der Waals surface area contributed by atoms with E-state index in [9.17, 15) is 5.11 Å². The Morgan fingerprint density at radius 2 is 1.73 bits per heavy atom. The van der Waals surface area contributed by atoms with E-state index in [1.807, 2.05) is 24.3 Å². The number of nitrogens with one attached hydrogen (secondary N) is 1. The molecule has 1 unspecified atom stereocenters. The van der Waals surface area contributed by atoms with Gasteiger partial charge in [0.2, 0.25) is 0 Å². The first-order chi connectivity index (χ1) is 12.5. The summed E-state index contributed by atoms with van der Waals surface area (Å²) in [5.41, 5.74) is 1.35. The molecular weight excluding hydrogens is 458 g/mol. The Kier molecular flexibility index (Phi) is 6.78. The zero-order valence-corrected chi connectivity index (χ0v) is 18.1. The summed E-state index contributed by atoms with van der Waals surface area (Å²) in [6, 6.07) is 14.4. The predicted octanol–water partition coefficient (Wildman–Crippen LogP) is 5.25. The first-order valence-electron chi connectivity index (χ1n) is 9.14. The second kappa shape index (κ2) is 8.87. The lowest BCUT2D eigenvalue weighted by Crippen LogP contribution is -2.46. The second-order valence-electron chi connectivity index (χ2n) is 6.87. The number of hydrogen-bond acceptors (Lipinski definition) is 3. The van der Waals surface area contributed by atoms with Crippen molar-refractivity contribution in [2.75, 3.05) is 19.7 Å². The number of hydrogen-bond donors (Lipinski definition) is 2. The maximum atomic E-state index is 11.6. The maximum Gasteiger partial charge on any atom is 0.123 e. The van der Waals surface area contributed by atoms with Gasteiger partial charge in [0.05, 0.1) is 12.2 Å². The average molecular weight is 483 g/mol. The highest BCUT2D eigenvalue weighted by Crippen LogP contribution is 2.44. The molecule has 1 aliphatic heterocycles. The highest BCUT2D eigenvalue weighted by molar-refractivity contribution is 9.10. The Morgan fingerprint density at radius 3 is 2.38 bits per heavy atom. The third-order valence-corrected chi connectivity index (χ3v) is 5.98. The molecule has 3 nitrogen and oxygen atoms in total. The molecule has 2 aromatic carbocycles. The molecule has 5 heteroatoms. The quantitative estimate of drug-likeness (QED) is 0.591. The molecule has 2 aromatic rings. The third kappa shape index (κ3) is 4.50. The molecule has 1 heterocycles. The molecule has 3 rings (SSSR count). The molecule has 26 heavy (non-hydrogen) atoms. The Bertz CT molecular complexity index is 727. The SMILES string of the molecule is CCCOc1ccc(Br)cc1C(c1ccc(Br)cc1)C1(O)CCNCC1. The van der Waals surface area contributed by atoms with Gasteiger partial charge in [-0.3, -0.25) is 0 Å². The van der Waals surface area contributed by atoms with E-state index in [1.165, 1.54) is 0 Å². The van der Waals surface area contributed by atoms with Crippen LogP contribution in [0.2, 0.25) is 0 Å². The molecule has 0 aromatic heterocycles. The average Bonchev–Trinajstić information content (AvgIpc) is 2.63. The zero-order chi connectivity index (χ0) is 18.6. The lowest BCUT2D eigenvalue weighted by molar-refractivity contribution is -0.00554. The van der Waals surface area contributed by atoms with E-state index in [2.05, 4.69) is 62.3 Å². The second-order valence-corrected chi connectivity index (χ2v) is 8.70. The Morgan fingerprint density at radius 1 is 1.08 bits per heavy atom. The van der Waals surface area contributed by atoms with E-state index in [0.717, 1.165) is 45.3 Å². The predicted molar refractivity (Wildman–Crippen MR) is 113 cm³/mol. The normalized spacial score (nSPS) is 17.7. The van der Waals surface area contributed by atoms with Crippen molar-refractivity contribution in [3.63, 3.8) is 0 Å². The van der Waals surface area contributed by atoms with E-state index < -0.39 is 5.60 Å². The van der Waals surface area contributed by atoms with E-state index in [1.54, 1.807) is 0 Å². The summed E-state index contributed by atoms with van der Waals surface area (Å²) in [7, 11) is 0. The highest BCUT2D eigenvalue weighted by atomic mass is 79.9. The van der Waals surface area contributed by atoms with Crippen LogP contribution in [0.3, 0.4) is 0 Å². The fraction of sp³-hybridized carbons (Fsp3) is 0.429. The molecule has 0 spiro atoms. The van der Waals surface area contributed by atoms with Crippen LogP contribution in [-0.2, 0) is 0 Å². The van der Waals surface area contributed by atoms with Crippen LogP contribution >= 0.6 is 31.9 Å². The summed E-state index contributed by atoms with van der Waals surface area (Å²) in [4.78, 5) is 0. The van der Waals surface area contributed by atoms with Gasteiger partial charge in [0.25, 0.3) is 0 Å². The van der Waals surface area contributed by atoms with Crippen molar-refractivity contribution in [2.45, 2.75) is 37.7 Å². The van der Waals surface area contributed by atoms with Gasteiger partial charge in [-0.25, -0.2) is 0 Å². The van der Waals surface area contributed by atoms with Gasteiger partial charge in [0.15, 0.2) is 0 Å². The summed E-state index contributed by atoms with van der Waals surface area (Å²) < 4.78 is 8.08. The smallest absolute Gasteiger partial charge is 0.123 e. The minimum atomic E-state index is -0.801. The first-order valence-corrected chi connectivity index (χ1v) is 10.7. The molecule has 0 saturated carbocycles. The Labute approximate surface area is 172 Å². The molecular formula is C21H25Br2NO2. The van der Waals surface area contributed by atoms with Crippen LogP contribution in [0.5, 0.6) is 5.75 Å². The molecule has 0 bridgehead atoms. The minimum Gasteiger partial charge on any atom is -0.493 e. The molecule has 0 radical (unpaired) electrons. The summed E-state index contributed by atoms with van der Waals surface area (Å²) in [5.74, 6) is 0.719. The van der Waals surface area contributed by atoms with E-state index >= 15 is 0 Å². The largest absolute Gasteiger partial charge is 0.493 e. The van der Waals surface area contributed by atoms with Crippen molar-refractivity contribution >= 4 is 31.9 Å². The summed E-state index contributed by atoms with van der Waals surface area (Å²) in [5, 5.41) is 15.0. The number of aliphatic hydroxyl groups is 1. The maximum absolute atomic E-state index is 11.6. The van der Waals surface area contributed by atoms with Crippen molar-refractivity contribution in [1.82, 2.24) is 5.32 Å². The van der Waals surface area contributed by atoms with Crippen LogP contribution in [0, 0.1) is 0 Å². The Balaban J connectivity index is 2.11. The highest BCUT2D eigenvalue weighted by Gasteiger charge is 2.41. The van der Waals surface area contributed by atoms with Crippen LogP contribution < -0.4 is 10.1 Å². The molecule has 2 N–H and O–H groups in total. The van der Waals surface area contributed by atoms with Gasteiger partial charge < -0.3 is 15.2 Å². The molecule has 1 atom stereocenters. The Hall–Kier alpha value is -0.880. The number of rotatable bonds is 6. The first kappa shape index (κ1) is 19.9. The van der Waals surface area contributed by atoms with Gasteiger partial charge in [-0.2, -0.15) is 0 Å². The van der Waals surface area contributed by atoms with Crippen molar-refractivity contribution in [2.24, 2.45) is 0 Å². The van der Waals surface area contributed by atoms with Gasteiger partial charge in [-0.1, -0.05) is 50.9 Å². The summed E-state index contributed by atoms with van der Waals surface area (Å²) in [6.45, 7) is 4.41. The topological polar surface area (TPSA) is 41.5 Å². The van der Waals surface area contributed by atoms with Gasteiger partial charge in [-0.05, 0) is 68.2 Å². The number of ether oxygens (including phenoxy) is 1. The van der Waals surface area contributed by atoms with Crippen LogP contribution in [0.4, 0.5) is 0 Å². The number of piperidine rings is 1. The van der Waals surface area contributed by atoms with Crippen molar-refractivity contribution < 1.29 is 9.84 Å². The van der Waals surface area contributed by atoms with Crippen molar-refractivity contribution in [3.05, 3.63) is 62.5 Å². The van der Waals surface area contributed by atoms with E-state index in [4.69, 9.17) is 4.74 Å². The fourth-order valence-electron chi connectivity index (χ4n) is 3.67. The minimum absolute atomic E-state index is 0.137. The van der Waals surface area contributed by atoms with Crippen LogP contribution in [0.1, 0.15) is 43.2 Å². The van der Waals surface area contributed by atoms with Gasteiger partial charge in [0.1, 0.15) is 5.75 Å². The molecule has 0 aliphatic carbocycles. The lowest BCUT2D eigenvalue weighted by Gasteiger charge is -2.40. The zero-order valence-electron chi connectivity index (χ0n) is 15.0. The van der Waals surface area contributed by atoms with E-state index in [-0.39, 0.29) is 5.92 Å². The van der Waals surface area contributed by atoms with Crippen LogP contribution in [0.25, 0.3) is 0 Å². The van der Waals surface area contributed by atoms with E-state index in [0.29, 0.717) is 19.4 Å².